The molecule has 2 N–H and O–H groups in total. The first-order valence-corrected chi connectivity index (χ1v) is 12.8. The largest absolute Gasteiger partial charge is 0.492 e. The molecule has 1 unspecified atom stereocenters. The van der Waals surface area contributed by atoms with Gasteiger partial charge in [-0.2, -0.15) is 0 Å². The van der Waals surface area contributed by atoms with Crippen molar-refractivity contribution >= 4 is 12.1 Å². The van der Waals surface area contributed by atoms with E-state index in [1.807, 2.05) is 60.7 Å². The molecular weight excluding hydrogens is 468 g/mol. The van der Waals surface area contributed by atoms with Gasteiger partial charge in [-0.3, -0.25) is 0 Å². The van der Waals surface area contributed by atoms with E-state index in [0.29, 0.717) is 17.9 Å². The predicted molar refractivity (Wildman–Crippen MR) is 143 cm³/mol. The van der Waals surface area contributed by atoms with Crippen LogP contribution in [0.5, 0.6) is 5.75 Å². The Morgan fingerprint density at radius 2 is 1.51 bits per heavy atom. The van der Waals surface area contributed by atoms with Crippen molar-refractivity contribution in [2.45, 2.75) is 32.2 Å². The molecule has 1 amide bonds. The minimum atomic E-state index is -1.15. The fraction of sp³-hybridized carbons (Fsp3) is 0.333. The van der Waals surface area contributed by atoms with Crippen LogP contribution in [0.15, 0.2) is 72.8 Å². The van der Waals surface area contributed by atoms with Gasteiger partial charge in [-0.25, -0.2) is 9.59 Å². The highest BCUT2D eigenvalue weighted by molar-refractivity contribution is 5.81. The standard InChI is InChI=1S/C30H34N2O5/c1-3-32(4-2)17-18-36-28-16-10-5-11-21(28)19-27(29(33)34)31-30(35)37-20-26-24-14-8-6-12-22(24)23-13-7-9-15-25(23)26/h5-16,26-27H,3-4,17-20H2,1-2H3,(H,31,35)(H,33,34). The number of likely N-dealkylation sites (N-methyl/N-ethyl adjacent to an activating group) is 1. The number of fused-ring (bicyclic) bond motifs is 3. The van der Waals surface area contributed by atoms with E-state index in [4.69, 9.17) is 9.47 Å². The third-order valence-corrected chi connectivity index (χ3v) is 6.89. The summed E-state index contributed by atoms with van der Waals surface area (Å²) in [7, 11) is 0. The number of carboxylic acids is 1. The van der Waals surface area contributed by atoms with Crippen molar-refractivity contribution in [1.29, 1.82) is 0 Å². The molecule has 1 atom stereocenters. The van der Waals surface area contributed by atoms with E-state index < -0.39 is 18.1 Å². The van der Waals surface area contributed by atoms with Crippen molar-refractivity contribution in [2.24, 2.45) is 0 Å². The summed E-state index contributed by atoms with van der Waals surface area (Å²) in [6, 6.07) is 22.3. The molecule has 7 nitrogen and oxygen atoms in total. The summed E-state index contributed by atoms with van der Waals surface area (Å²) in [6.07, 6.45) is -0.671. The first kappa shape index (κ1) is 26.2. The molecule has 4 rings (SSSR count). The number of carboxylic acid groups (broad SMARTS) is 1. The third kappa shape index (κ3) is 6.30. The quantitative estimate of drug-likeness (QED) is 0.365. The van der Waals surface area contributed by atoms with Gasteiger partial charge < -0.3 is 24.8 Å². The Morgan fingerprint density at radius 3 is 2.14 bits per heavy atom. The monoisotopic (exact) mass is 502 g/mol. The fourth-order valence-electron chi connectivity index (χ4n) is 4.84. The summed E-state index contributed by atoms with van der Waals surface area (Å²) in [6.45, 7) is 7.47. The van der Waals surface area contributed by atoms with Gasteiger partial charge in [-0.1, -0.05) is 80.6 Å². The SMILES string of the molecule is CCN(CC)CCOc1ccccc1CC(NC(=O)OCC1c2ccccc2-c2ccccc21)C(=O)O. The van der Waals surface area contributed by atoms with Gasteiger partial charge in [0.15, 0.2) is 0 Å². The van der Waals surface area contributed by atoms with Gasteiger partial charge >= 0.3 is 12.1 Å². The third-order valence-electron chi connectivity index (χ3n) is 6.89. The lowest BCUT2D eigenvalue weighted by atomic mass is 9.98. The number of hydrogen-bond acceptors (Lipinski definition) is 5. The Bertz CT molecular complexity index is 1180. The molecule has 37 heavy (non-hydrogen) atoms. The lowest BCUT2D eigenvalue weighted by molar-refractivity contribution is -0.139. The van der Waals surface area contributed by atoms with Crippen molar-refractivity contribution in [1.82, 2.24) is 10.2 Å². The zero-order valence-electron chi connectivity index (χ0n) is 21.4. The summed E-state index contributed by atoms with van der Waals surface area (Å²) in [4.78, 5) is 26.9. The highest BCUT2D eigenvalue weighted by Crippen LogP contribution is 2.44. The van der Waals surface area contributed by atoms with Crippen LogP contribution in [0.4, 0.5) is 4.79 Å². The summed E-state index contributed by atoms with van der Waals surface area (Å²) < 4.78 is 11.5. The van der Waals surface area contributed by atoms with Crippen LogP contribution >= 0.6 is 0 Å². The van der Waals surface area contributed by atoms with E-state index in [1.165, 1.54) is 0 Å². The number of nitrogens with one attached hydrogen (secondary N) is 1. The smallest absolute Gasteiger partial charge is 0.407 e. The Hall–Kier alpha value is -3.84. The van der Waals surface area contributed by atoms with Crippen LogP contribution in [0.3, 0.4) is 0 Å². The molecule has 3 aromatic rings. The van der Waals surface area contributed by atoms with Crippen LogP contribution in [0.25, 0.3) is 11.1 Å². The normalized spacial score (nSPS) is 13.1. The maximum atomic E-state index is 12.7. The molecule has 0 radical (unpaired) electrons. The van der Waals surface area contributed by atoms with Gasteiger partial charge in [0.2, 0.25) is 0 Å². The molecule has 0 aromatic heterocycles. The van der Waals surface area contributed by atoms with Crippen LogP contribution in [0.1, 0.15) is 36.5 Å². The van der Waals surface area contributed by atoms with E-state index in [0.717, 1.165) is 41.9 Å². The lowest BCUT2D eigenvalue weighted by Crippen LogP contribution is -2.43. The molecule has 0 aliphatic heterocycles. The number of hydrogen-bond donors (Lipinski definition) is 2. The van der Waals surface area contributed by atoms with Crippen molar-refractivity contribution in [3.63, 3.8) is 0 Å². The van der Waals surface area contributed by atoms with Gasteiger partial charge in [-0.05, 0) is 47.0 Å². The second kappa shape index (κ2) is 12.4. The minimum absolute atomic E-state index is 0.0843. The van der Waals surface area contributed by atoms with Gasteiger partial charge in [0, 0.05) is 18.9 Å². The lowest BCUT2D eigenvalue weighted by Gasteiger charge is -2.20. The molecule has 0 spiro atoms. The average molecular weight is 503 g/mol. The topological polar surface area (TPSA) is 88.1 Å². The summed E-state index contributed by atoms with van der Waals surface area (Å²) >= 11 is 0. The summed E-state index contributed by atoms with van der Waals surface area (Å²) in [5, 5.41) is 12.3. The van der Waals surface area contributed by atoms with Crippen molar-refractivity contribution in [2.75, 3.05) is 32.8 Å². The first-order chi connectivity index (χ1) is 18.0. The zero-order chi connectivity index (χ0) is 26.2. The molecule has 7 heteroatoms. The van der Waals surface area contributed by atoms with E-state index in [-0.39, 0.29) is 18.9 Å². The van der Waals surface area contributed by atoms with Crippen molar-refractivity contribution < 1.29 is 24.2 Å². The Labute approximate surface area is 218 Å². The molecule has 0 fully saturated rings. The minimum Gasteiger partial charge on any atom is -0.492 e. The number of ether oxygens (including phenoxy) is 2. The highest BCUT2D eigenvalue weighted by Gasteiger charge is 2.30. The predicted octanol–water partition coefficient (Wildman–Crippen LogP) is 4.94. The second-order valence-electron chi connectivity index (χ2n) is 9.05. The average Bonchev–Trinajstić information content (AvgIpc) is 3.24. The number of carbonyl (C=O) groups excluding carboxylic acids is 1. The van der Waals surface area contributed by atoms with Gasteiger partial charge in [-0.15, -0.1) is 0 Å². The Kier molecular flexibility index (Phi) is 8.80. The number of nitrogens with zero attached hydrogens (tertiary/aromatic N) is 1. The van der Waals surface area contributed by atoms with Gasteiger partial charge in [0.05, 0.1) is 0 Å². The van der Waals surface area contributed by atoms with Gasteiger partial charge in [0.1, 0.15) is 25.0 Å². The molecule has 3 aromatic carbocycles. The van der Waals surface area contributed by atoms with E-state index in [9.17, 15) is 14.7 Å². The Morgan fingerprint density at radius 1 is 0.919 bits per heavy atom. The van der Waals surface area contributed by atoms with E-state index in [1.54, 1.807) is 0 Å². The van der Waals surface area contributed by atoms with Crippen LogP contribution < -0.4 is 10.1 Å². The number of para-hydroxylation sites is 1. The van der Waals surface area contributed by atoms with Crippen LogP contribution in [-0.4, -0.2) is 61.0 Å². The van der Waals surface area contributed by atoms with E-state index >= 15 is 0 Å². The van der Waals surface area contributed by atoms with E-state index in [2.05, 4.69) is 36.2 Å². The molecule has 0 bridgehead atoms. The van der Waals surface area contributed by atoms with Crippen LogP contribution in [-0.2, 0) is 16.0 Å². The fourth-order valence-corrected chi connectivity index (χ4v) is 4.84. The molecule has 1 aliphatic carbocycles. The molecule has 0 saturated carbocycles. The number of carbonyl (C=O) groups is 2. The van der Waals surface area contributed by atoms with Crippen LogP contribution in [0.2, 0.25) is 0 Å². The Balaban J connectivity index is 1.38. The van der Waals surface area contributed by atoms with Crippen molar-refractivity contribution in [3.8, 4) is 16.9 Å². The molecule has 0 heterocycles. The number of amides is 1. The molecule has 0 saturated heterocycles. The highest BCUT2D eigenvalue weighted by atomic mass is 16.5. The number of aliphatic carboxylic acids is 1. The number of alkyl carbamates (subject to hydrolysis) is 1. The number of benzene rings is 3. The van der Waals surface area contributed by atoms with Crippen molar-refractivity contribution in [3.05, 3.63) is 89.5 Å². The second-order valence-corrected chi connectivity index (χ2v) is 9.05. The molecule has 194 valence electrons. The van der Waals surface area contributed by atoms with Crippen LogP contribution in [0, 0.1) is 0 Å². The number of rotatable bonds is 12. The summed E-state index contributed by atoms with van der Waals surface area (Å²) in [5.74, 6) is -0.608. The zero-order valence-corrected chi connectivity index (χ0v) is 21.4. The molecule has 1 aliphatic rings. The molecular formula is C30H34N2O5. The maximum absolute atomic E-state index is 12.7. The maximum Gasteiger partial charge on any atom is 0.407 e. The van der Waals surface area contributed by atoms with Gasteiger partial charge in [0.25, 0.3) is 0 Å². The summed E-state index contributed by atoms with van der Waals surface area (Å²) in [5.41, 5.74) is 5.18. The first-order valence-electron chi connectivity index (χ1n) is 12.8.